The van der Waals surface area contributed by atoms with E-state index in [1.807, 2.05) is 6.07 Å². The molecule has 0 heterocycles. The first-order valence-electron chi connectivity index (χ1n) is 5.32. The number of methoxy groups -OCH3 is 1. The second kappa shape index (κ2) is 6.73. The molecule has 0 fully saturated rings. The molecule has 6 nitrogen and oxygen atoms in total. The van der Waals surface area contributed by atoms with Crippen molar-refractivity contribution in [3.05, 3.63) is 35.9 Å². The number of carbonyl (C=O) groups excluding carboxylic acids is 2. The standard InChI is InChI=1S/C12H15NO5/c1-18-12(17)10(15)9(14)11(16)13-7-8-5-3-2-4-6-8/h2-6,9-10,14-15H,7H2,1H3,(H,13,16). The number of hydrogen-bond donors (Lipinski definition) is 3. The van der Waals surface area contributed by atoms with Gasteiger partial charge in [-0.25, -0.2) is 4.79 Å². The van der Waals surface area contributed by atoms with Gasteiger partial charge in [0.15, 0.2) is 12.2 Å². The topological polar surface area (TPSA) is 95.9 Å². The Hall–Kier alpha value is -1.92. The highest BCUT2D eigenvalue weighted by molar-refractivity contribution is 5.88. The fourth-order valence-electron chi connectivity index (χ4n) is 1.28. The van der Waals surface area contributed by atoms with Crippen LogP contribution in [0.1, 0.15) is 5.56 Å². The molecule has 98 valence electrons. The van der Waals surface area contributed by atoms with Crippen LogP contribution < -0.4 is 5.32 Å². The van der Waals surface area contributed by atoms with E-state index in [2.05, 4.69) is 10.1 Å². The van der Waals surface area contributed by atoms with Gasteiger partial charge in [-0.05, 0) is 5.56 Å². The van der Waals surface area contributed by atoms with Crippen molar-refractivity contribution in [2.45, 2.75) is 18.8 Å². The summed E-state index contributed by atoms with van der Waals surface area (Å²) in [4.78, 5) is 22.4. The van der Waals surface area contributed by atoms with Crippen LogP contribution in [-0.4, -0.2) is 41.4 Å². The molecule has 0 aromatic heterocycles. The largest absolute Gasteiger partial charge is 0.467 e. The number of aliphatic hydroxyl groups excluding tert-OH is 2. The van der Waals surface area contributed by atoms with Gasteiger partial charge in [-0.3, -0.25) is 4.79 Å². The van der Waals surface area contributed by atoms with Crippen molar-refractivity contribution in [3.8, 4) is 0 Å². The molecule has 2 atom stereocenters. The van der Waals surface area contributed by atoms with Crippen LogP contribution in [0.25, 0.3) is 0 Å². The summed E-state index contributed by atoms with van der Waals surface area (Å²) < 4.78 is 4.22. The molecule has 0 aliphatic rings. The number of rotatable bonds is 5. The Balaban J connectivity index is 2.48. The number of ether oxygens (including phenoxy) is 1. The smallest absolute Gasteiger partial charge is 0.338 e. The van der Waals surface area contributed by atoms with Crippen LogP contribution in [0.5, 0.6) is 0 Å². The van der Waals surface area contributed by atoms with E-state index in [4.69, 9.17) is 0 Å². The lowest BCUT2D eigenvalue weighted by Crippen LogP contribution is -2.45. The van der Waals surface area contributed by atoms with Crippen LogP contribution in [0.2, 0.25) is 0 Å². The van der Waals surface area contributed by atoms with E-state index in [-0.39, 0.29) is 6.54 Å². The van der Waals surface area contributed by atoms with E-state index in [0.29, 0.717) is 0 Å². The molecule has 6 heteroatoms. The molecule has 0 saturated heterocycles. The van der Waals surface area contributed by atoms with Crippen LogP contribution in [0, 0.1) is 0 Å². The number of nitrogens with one attached hydrogen (secondary N) is 1. The van der Waals surface area contributed by atoms with Crippen LogP contribution in [0.3, 0.4) is 0 Å². The van der Waals surface area contributed by atoms with Crippen molar-refractivity contribution in [2.75, 3.05) is 7.11 Å². The molecular weight excluding hydrogens is 238 g/mol. The van der Waals surface area contributed by atoms with Crippen molar-refractivity contribution in [3.63, 3.8) is 0 Å². The Morgan fingerprint density at radius 2 is 1.83 bits per heavy atom. The van der Waals surface area contributed by atoms with Gasteiger partial charge >= 0.3 is 5.97 Å². The van der Waals surface area contributed by atoms with Gasteiger partial charge in [-0.15, -0.1) is 0 Å². The normalized spacial score (nSPS) is 13.5. The van der Waals surface area contributed by atoms with Crippen molar-refractivity contribution in [1.29, 1.82) is 0 Å². The number of carbonyl (C=O) groups is 2. The Morgan fingerprint density at radius 1 is 1.22 bits per heavy atom. The molecule has 1 amide bonds. The van der Waals surface area contributed by atoms with Crippen molar-refractivity contribution in [1.82, 2.24) is 5.32 Å². The summed E-state index contributed by atoms with van der Waals surface area (Å²) in [6, 6.07) is 9.04. The maximum atomic E-state index is 11.4. The van der Waals surface area contributed by atoms with Crippen LogP contribution in [0.15, 0.2) is 30.3 Å². The molecule has 0 radical (unpaired) electrons. The maximum Gasteiger partial charge on any atom is 0.338 e. The van der Waals surface area contributed by atoms with Crippen molar-refractivity contribution in [2.24, 2.45) is 0 Å². The summed E-state index contributed by atoms with van der Waals surface area (Å²) in [5.74, 6) is -1.89. The highest BCUT2D eigenvalue weighted by atomic mass is 16.5. The molecule has 0 aliphatic carbocycles. The minimum Gasteiger partial charge on any atom is -0.467 e. The monoisotopic (exact) mass is 253 g/mol. The summed E-state index contributed by atoms with van der Waals surface area (Å²) in [6.07, 6.45) is -3.73. The van der Waals surface area contributed by atoms with E-state index >= 15 is 0 Å². The second-order valence-corrected chi connectivity index (χ2v) is 3.62. The average Bonchev–Trinajstić information content (AvgIpc) is 2.43. The van der Waals surface area contributed by atoms with Crippen LogP contribution in [-0.2, 0) is 20.9 Å². The Bertz CT molecular complexity index is 406. The van der Waals surface area contributed by atoms with Gasteiger partial charge in [0, 0.05) is 6.54 Å². The van der Waals surface area contributed by atoms with Gasteiger partial charge in [0.2, 0.25) is 0 Å². The molecule has 0 aliphatic heterocycles. The SMILES string of the molecule is COC(=O)C(O)C(O)C(=O)NCc1ccccc1. The van der Waals surface area contributed by atoms with E-state index in [1.165, 1.54) is 0 Å². The van der Waals surface area contributed by atoms with Gasteiger partial charge in [-0.2, -0.15) is 0 Å². The molecule has 0 saturated carbocycles. The predicted octanol–water partition coefficient (Wildman–Crippen LogP) is -0.802. The first kappa shape index (κ1) is 14.1. The van der Waals surface area contributed by atoms with E-state index in [1.54, 1.807) is 24.3 Å². The average molecular weight is 253 g/mol. The molecule has 2 unspecified atom stereocenters. The Kier molecular flexibility index (Phi) is 5.29. The number of esters is 1. The van der Waals surface area contributed by atoms with Gasteiger partial charge in [0.25, 0.3) is 5.91 Å². The summed E-state index contributed by atoms with van der Waals surface area (Å²) in [7, 11) is 1.06. The molecular formula is C12H15NO5. The number of aliphatic hydroxyl groups is 2. The first-order valence-corrected chi connectivity index (χ1v) is 5.32. The maximum absolute atomic E-state index is 11.4. The molecule has 3 N–H and O–H groups in total. The van der Waals surface area contributed by atoms with Gasteiger partial charge in [0.1, 0.15) is 0 Å². The molecule has 1 aromatic rings. The van der Waals surface area contributed by atoms with Gasteiger partial charge in [-0.1, -0.05) is 30.3 Å². The first-order chi connectivity index (χ1) is 8.56. The van der Waals surface area contributed by atoms with Crippen LogP contribution in [0.4, 0.5) is 0 Å². The fraction of sp³-hybridized carbons (Fsp3) is 0.333. The lowest BCUT2D eigenvalue weighted by Gasteiger charge is -2.15. The van der Waals surface area contributed by atoms with Gasteiger partial charge in [0.05, 0.1) is 7.11 Å². The second-order valence-electron chi connectivity index (χ2n) is 3.62. The quantitative estimate of drug-likeness (QED) is 0.597. The Labute approximate surface area is 104 Å². The third kappa shape index (κ3) is 3.83. The zero-order valence-corrected chi connectivity index (χ0v) is 9.87. The fourth-order valence-corrected chi connectivity index (χ4v) is 1.28. The molecule has 1 aromatic carbocycles. The highest BCUT2D eigenvalue weighted by Gasteiger charge is 2.30. The summed E-state index contributed by atoms with van der Waals surface area (Å²) in [5.41, 5.74) is 0.839. The van der Waals surface area contributed by atoms with Crippen LogP contribution >= 0.6 is 0 Å². The molecule has 0 bridgehead atoms. The zero-order valence-electron chi connectivity index (χ0n) is 9.87. The van der Waals surface area contributed by atoms with Gasteiger partial charge < -0.3 is 20.3 Å². The molecule has 18 heavy (non-hydrogen) atoms. The summed E-state index contributed by atoms with van der Waals surface area (Å²) in [6.45, 7) is 0.199. The number of amides is 1. The lowest BCUT2D eigenvalue weighted by molar-refractivity contribution is -0.161. The highest BCUT2D eigenvalue weighted by Crippen LogP contribution is 2.00. The minimum absolute atomic E-state index is 0.199. The van der Waals surface area contributed by atoms with E-state index < -0.39 is 24.1 Å². The summed E-state index contributed by atoms with van der Waals surface area (Å²) >= 11 is 0. The number of benzene rings is 1. The molecule has 1 rings (SSSR count). The predicted molar refractivity (Wildman–Crippen MR) is 62.3 cm³/mol. The van der Waals surface area contributed by atoms with Crippen molar-refractivity contribution < 1.29 is 24.5 Å². The van der Waals surface area contributed by atoms with E-state index in [0.717, 1.165) is 12.7 Å². The van der Waals surface area contributed by atoms with E-state index in [9.17, 15) is 19.8 Å². The zero-order chi connectivity index (χ0) is 13.5. The van der Waals surface area contributed by atoms with Crippen molar-refractivity contribution >= 4 is 11.9 Å². The summed E-state index contributed by atoms with van der Waals surface area (Å²) in [5, 5.41) is 21.1. The molecule has 0 spiro atoms. The number of hydrogen-bond acceptors (Lipinski definition) is 5. The lowest BCUT2D eigenvalue weighted by atomic mass is 10.2. The minimum atomic E-state index is -1.88. The third-order valence-corrected chi connectivity index (χ3v) is 2.32. The third-order valence-electron chi connectivity index (χ3n) is 2.32. The Morgan fingerprint density at radius 3 is 2.39 bits per heavy atom.